The minimum absolute atomic E-state index is 0.0712. The molecule has 1 heterocycles. The van der Waals surface area contributed by atoms with Crippen LogP contribution in [0.25, 0.3) is 0 Å². The number of allylic oxidation sites excluding steroid dienone is 3. The third-order valence-electron chi connectivity index (χ3n) is 1.65. The van der Waals surface area contributed by atoms with E-state index in [1.54, 1.807) is 17.8 Å². The van der Waals surface area contributed by atoms with Crippen LogP contribution in [0.2, 0.25) is 0 Å². The Morgan fingerprint density at radius 3 is 3.00 bits per heavy atom. The molecule has 13 heavy (non-hydrogen) atoms. The first-order valence-corrected chi connectivity index (χ1v) is 5.18. The van der Waals surface area contributed by atoms with Gasteiger partial charge in [-0.1, -0.05) is 18.7 Å². The normalized spacial score (nSPS) is 18.7. The maximum Gasteiger partial charge on any atom is 0.225 e. The first-order valence-electron chi connectivity index (χ1n) is 4.20. The van der Waals surface area contributed by atoms with Crippen LogP contribution in [0.4, 0.5) is 0 Å². The first-order chi connectivity index (χ1) is 6.27. The smallest absolute Gasteiger partial charge is 0.225 e. The van der Waals surface area contributed by atoms with E-state index in [0.717, 1.165) is 16.4 Å². The molecule has 2 nitrogen and oxygen atoms in total. The van der Waals surface area contributed by atoms with Crippen LogP contribution in [0.15, 0.2) is 35.4 Å². The van der Waals surface area contributed by atoms with Crippen molar-refractivity contribution in [2.75, 3.05) is 5.75 Å². The van der Waals surface area contributed by atoms with E-state index in [1.165, 1.54) is 0 Å². The molecule has 0 saturated heterocycles. The van der Waals surface area contributed by atoms with Gasteiger partial charge in [-0.15, -0.1) is 11.8 Å². The van der Waals surface area contributed by atoms with Crippen molar-refractivity contribution < 1.29 is 4.79 Å². The van der Waals surface area contributed by atoms with Gasteiger partial charge in [-0.3, -0.25) is 4.79 Å². The van der Waals surface area contributed by atoms with Gasteiger partial charge in [0.1, 0.15) is 0 Å². The van der Waals surface area contributed by atoms with Gasteiger partial charge in [0, 0.05) is 17.1 Å². The number of rotatable bonds is 2. The second kappa shape index (κ2) is 4.92. The second-order valence-corrected chi connectivity index (χ2v) is 3.77. The Balaban J connectivity index is 2.92. The lowest BCUT2D eigenvalue weighted by molar-refractivity contribution is -0.119. The summed E-state index contributed by atoms with van der Waals surface area (Å²) in [5, 5.41) is 2.81. The lowest BCUT2D eigenvalue weighted by Crippen LogP contribution is -2.20. The number of hydrogen-bond donors (Lipinski definition) is 1. The molecule has 1 rings (SSSR count). The Bertz CT molecular complexity index is 279. The molecular formula is C10H13NOS. The molecule has 1 aliphatic rings. The summed E-state index contributed by atoms with van der Waals surface area (Å²) in [5.41, 5.74) is 0.825. The van der Waals surface area contributed by atoms with Crippen LogP contribution in [0.5, 0.6) is 0 Å². The highest BCUT2D eigenvalue weighted by Gasteiger charge is 2.11. The Hall–Kier alpha value is -0.960. The van der Waals surface area contributed by atoms with E-state index in [1.807, 2.05) is 19.1 Å². The molecule has 1 amide bonds. The van der Waals surface area contributed by atoms with Gasteiger partial charge in [0.2, 0.25) is 5.91 Å². The molecular weight excluding hydrogens is 182 g/mol. The maximum absolute atomic E-state index is 11.2. The molecule has 0 spiro atoms. The van der Waals surface area contributed by atoms with Crippen molar-refractivity contribution in [3.05, 3.63) is 35.4 Å². The van der Waals surface area contributed by atoms with Crippen molar-refractivity contribution >= 4 is 17.7 Å². The summed E-state index contributed by atoms with van der Waals surface area (Å²) < 4.78 is 0. The molecule has 0 fully saturated rings. The van der Waals surface area contributed by atoms with Crippen molar-refractivity contribution in [2.45, 2.75) is 13.3 Å². The van der Waals surface area contributed by atoms with Crippen LogP contribution in [0.1, 0.15) is 13.3 Å². The average molecular weight is 195 g/mol. The Morgan fingerprint density at radius 2 is 2.38 bits per heavy atom. The van der Waals surface area contributed by atoms with E-state index in [0.29, 0.717) is 6.42 Å². The van der Waals surface area contributed by atoms with Gasteiger partial charge in [-0.25, -0.2) is 0 Å². The summed E-state index contributed by atoms with van der Waals surface area (Å²) >= 11 is 1.68. The largest absolute Gasteiger partial charge is 0.325 e. The molecule has 0 saturated carbocycles. The Labute approximate surface area is 82.8 Å². The standard InChI is InChI=1S/C10H13NOS/c1-3-5-9-8(4-2)11-10(12)6-7-13-9/h3-5H,2,6-7H2,1H3,(H,11,12)/b5-3-. The van der Waals surface area contributed by atoms with Crippen molar-refractivity contribution in [1.82, 2.24) is 5.32 Å². The van der Waals surface area contributed by atoms with Gasteiger partial charge in [0.25, 0.3) is 0 Å². The quantitative estimate of drug-likeness (QED) is 0.732. The monoisotopic (exact) mass is 195 g/mol. The number of nitrogens with one attached hydrogen (secondary N) is 1. The summed E-state index contributed by atoms with van der Waals surface area (Å²) in [7, 11) is 0. The summed E-state index contributed by atoms with van der Waals surface area (Å²) in [4.78, 5) is 12.3. The Kier molecular flexibility index (Phi) is 3.83. The van der Waals surface area contributed by atoms with Gasteiger partial charge >= 0.3 is 0 Å². The maximum atomic E-state index is 11.2. The minimum Gasteiger partial charge on any atom is -0.325 e. The summed E-state index contributed by atoms with van der Waals surface area (Å²) in [6.45, 7) is 5.63. The molecule has 0 aliphatic carbocycles. The van der Waals surface area contributed by atoms with Gasteiger partial charge in [-0.2, -0.15) is 0 Å². The third kappa shape index (κ3) is 2.77. The lowest BCUT2D eigenvalue weighted by Gasteiger charge is -2.03. The van der Waals surface area contributed by atoms with E-state index in [-0.39, 0.29) is 5.91 Å². The van der Waals surface area contributed by atoms with Crippen LogP contribution < -0.4 is 5.32 Å². The molecule has 0 atom stereocenters. The molecule has 0 bridgehead atoms. The molecule has 3 heteroatoms. The van der Waals surface area contributed by atoms with Crippen molar-refractivity contribution in [1.29, 1.82) is 0 Å². The molecule has 70 valence electrons. The topological polar surface area (TPSA) is 29.1 Å². The van der Waals surface area contributed by atoms with Crippen LogP contribution in [0.3, 0.4) is 0 Å². The third-order valence-corrected chi connectivity index (χ3v) is 2.72. The van der Waals surface area contributed by atoms with E-state index in [2.05, 4.69) is 11.9 Å². The zero-order valence-electron chi connectivity index (χ0n) is 7.67. The highest BCUT2D eigenvalue weighted by Crippen LogP contribution is 2.24. The number of amides is 1. The molecule has 0 aromatic carbocycles. The fraction of sp³-hybridized carbons (Fsp3) is 0.300. The van der Waals surface area contributed by atoms with E-state index in [4.69, 9.17) is 0 Å². The van der Waals surface area contributed by atoms with E-state index < -0.39 is 0 Å². The predicted molar refractivity (Wildman–Crippen MR) is 57.3 cm³/mol. The van der Waals surface area contributed by atoms with Crippen LogP contribution >= 0.6 is 11.8 Å². The van der Waals surface area contributed by atoms with Gasteiger partial charge in [-0.05, 0) is 13.0 Å². The second-order valence-electron chi connectivity index (χ2n) is 2.63. The molecule has 0 radical (unpaired) electrons. The van der Waals surface area contributed by atoms with Crippen LogP contribution in [0, 0.1) is 0 Å². The van der Waals surface area contributed by atoms with E-state index >= 15 is 0 Å². The molecule has 1 N–H and O–H groups in total. The zero-order valence-corrected chi connectivity index (χ0v) is 8.49. The van der Waals surface area contributed by atoms with Crippen molar-refractivity contribution in [2.24, 2.45) is 0 Å². The predicted octanol–water partition coefficient (Wildman–Crippen LogP) is 2.21. The van der Waals surface area contributed by atoms with Crippen molar-refractivity contribution in [3.63, 3.8) is 0 Å². The first kappa shape index (κ1) is 10.1. The lowest BCUT2D eigenvalue weighted by atomic mass is 10.3. The number of hydrogen-bond acceptors (Lipinski definition) is 2. The molecule has 0 unspecified atom stereocenters. The average Bonchev–Trinajstić information content (AvgIpc) is 2.29. The van der Waals surface area contributed by atoms with Gasteiger partial charge in [0.05, 0.1) is 5.70 Å². The van der Waals surface area contributed by atoms with Gasteiger partial charge < -0.3 is 5.32 Å². The fourth-order valence-corrected chi connectivity index (χ4v) is 2.08. The molecule has 0 aromatic rings. The summed E-state index contributed by atoms with van der Waals surface area (Å²) in [5.74, 6) is 0.907. The van der Waals surface area contributed by atoms with E-state index in [9.17, 15) is 4.79 Å². The SMILES string of the molecule is C=CC1=C(/C=C\C)SCCC(=O)N1. The number of carbonyl (C=O) groups excluding carboxylic acids is 1. The van der Waals surface area contributed by atoms with Crippen molar-refractivity contribution in [3.8, 4) is 0 Å². The van der Waals surface area contributed by atoms with Crippen LogP contribution in [-0.2, 0) is 4.79 Å². The van der Waals surface area contributed by atoms with Crippen LogP contribution in [-0.4, -0.2) is 11.7 Å². The highest BCUT2D eigenvalue weighted by molar-refractivity contribution is 8.03. The molecule has 1 aliphatic heterocycles. The fourth-order valence-electron chi connectivity index (χ4n) is 1.05. The summed E-state index contributed by atoms with van der Waals surface area (Å²) in [6.07, 6.45) is 6.21. The Morgan fingerprint density at radius 1 is 1.62 bits per heavy atom. The highest BCUT2D eigenvalue weighted by atomic mass is 32.2. The summed E-state index contributed by atoms with van der Waals surface area (Å²) in [6, 6.07) is 0. The minimum atomic E-state index is 0.0712. The number of carbonyl (C=O) groups is 1. The number of thioether (sulfide) groups is 1. The van der Waals surface area contributed by atoms with Gasteiger partial charge in [0.15, 0.2) is 0 Å². The molecule has 0 aromatic heterocycles. The zero-order chi connectivity index (χ0) is 9.68.